The summed E-state index contributed by atoms with van der Waals surface area (Å²) in [6, 6.07) is 26.3. The smallest absolute Gasteiger partial charge is 0.225 e. The first-order chi connectivity index (χ1) is 18.8. The molecule has 0 N–H and O–H groups in total. The van der Waals surface area contributed by atoms with Gasteiger partial charge in [0.05, 0.1) is 16.4 Å². The number of fused-ring (bicyclic) bond motifs is 13. The van der Waals surface area contributed by atoms with Gasteiger partial charge >= 0.3 is 0 Å². The molecule has 0 saturated carbocycles. The van der Waals surface area contributed by atoms with E-state index >= 15 is 0 Å². The van der Waals surface area contributed by atoms with E-state index in [2.05, 4.69) is 94.5 Å². The molecule has 38 heavy (non-hydrogen) atoms. The van der Waals surface area contributed by atoms with E-state index in [-0.39, 0.29) is 5.28 Å². The van der Waals surface area contributed by atoms with Crippen LogP contribution in [-0.4, -0.2) is 14.5 Å². The Balaban J connectivity index is 1.61. The Kier molecular flexibility index (Phi) is 4.26. The summed E-state index contributed by atoms with van der Waals surface area (Å²) >= 11 is 10.2. The summed E-state index contributed by atoms with van der Waals surface area (Å²) in [4.78, 5) is 11.9. The number of allylic oxidation sites excluding steroid dienone is 1. The number of halogens is 1. The Bertz CT molecular complexity index is 2320. The summed E-state index contributed by atoms with van der Waals surface area (Å²) in [5, 5.41) is 9.04. The van der Waals surface area contributed by atoms with E-state index in [0.717, 1.165) is 34.4 Å². The van der Waals surface area contributed by atoms with Crippen LogP contribution in [0.5, 0.6) is 0 Å². The summed E-state index contributed by atoms with van der Waals surface area (Å²) in [7, 11) is 0. The van der Waals surface area contributed by atoms with Gasteiger partial charge < -0.3 is 0 Å². The van der Waals surface area contributed by atoms with E-state index in [4.69, 9.17) is 16.6 Å². The number of hydrogen-bond donors (Lipinski definition) is 0. The van der Waals surface area contributed by atoms with Crippen molar-refractivity contribution in [3.63, 3.8) is 0 Å². The maximum atomic E-state index is 6.64. The van der Waals surface area contributed by atoms with E-state index in [9.17, 15) is 0 Å². The molecular weight excluding hydrogens is 526 g/mol. The first-order valence-corrected chi connectivity index (χ1v) is 14.7. The van der Waals surface area contributed by atoms with Gasteiger partial charge in [-0.3, -0.25) is 4.57 Å². The third-order valence-electron chi connectivity index (χ3n) is 7.82. The molecule has 0 amide bonds. The molecule has 1 aliphatic rings. The lowest BCUT2D eigenvalue weighted by molar-refractivity contribution is 0.996. The maximum Gasteiger partial charge on any atom is 0.225 e. The molecule has 4 aromatic heterocycles. The van der Waals surface area contributed by atoms with Crippen LogP contribution in [0.3, 0.4) is 0 Å². The Morgan fingerprint density at radius 3 is 2.39 bits per heavy atom. The van der Waals surface area contributed by atoms with Crippen LogP contribution in [0.25, 0.3) is 74.9 Å². The topological polar surface area (TPSA) is 30.7 Å². The van der Waals surface area contributed by atoms with E-state index in [1.807, 2.05) is 11.3 Å². The van der Waals surface area contributed by atoms with Crippen LogP contribution in [0, 0.1) is 0 Å². The van der Waals surface area contributed by atoms with Crippen molar-refractivity contribution in [2.75, 3.05) is 0 Å². The van der Waals surface area contributed by atoms with Crippen LogP contribution in [0.1, 0.15) is 16.9 Å². The standard InChI is InChI=1S/C32H18ClN3S2/c33-32-34-30(27-21-13-5-8-16-24(21)38-31(27)35-32)36-22-14-6-3-11-19(22)25-26-20-12-4-7-15-23(20)37-29(26)18-10-2-1-9-17(18)28(25)36/h1-4,6-12,14-16H,5,13H2. The zero-order valence-electron chi connectivity index (χ0n) is 20.0. The minimum absolute atomic E-state index is 0.285. The SMILES string of the molecule is Clc1nc(-n2c3ccccc3c3c4c5ccccc5sc4c4ccccc4c32)c2c3c(sc2n1)C=CCC3. The minimum Gasteiger partial charge on any atom is -0.292 e. The second-order valence-electron chi connectivity index (χ2n) is 9.81. The third-order valence-corrected chi connectivity index (χ3v) is 10.3. The highest BCUT2D eigenvalue weighted by atomic mass is 35.5. The molecule has 0 unspecified atom stereocenters. The van der Waals surface area contributed by atoms with Gasteiger partial charge in [0.15, 0.2) is 5.82 Å². The molecule has 0 aliphatic heterocycles. The van der Waals surface area contributed by atoms with E-state index in [1.165, 1.54) is 57.7 Å². The van der Waals surface area contributed by atoms with Crippen molar-refractivity contribution in [1.29, 1.82) is 0 Å². The fraction of sp³-hybridized carbons (Fsp3) is 0.0625. The number of para-hydroxylation sites is 1. The van der Waals surface area contributed by atoms with Crippen LogP contribution in [0.15, 0.2) is 78.9 Å². The summed E-state index contributed by atoms with van der Waals surface area (Å²) in [6.45, 7) is 0. The number of rotatable bonds is 1. The molecule has 0 bridgehead atoms. The molecule has 0 atom stereocenters. The van der Waals surface area contributed by atoms with Crippen molar-refractivity contribution in [2.45, 2.75) is 12.8 Å². The predicted molar refractivity (Wildman–Crippen MR) is 165 cm³/mol. The first-order valence-electron chi connectivity index (χ1n) is 12.7. The third kappa shape index (κ3) is 2.68. The zero-order valence-corrected chi connectivity index (χ0v) is 22.4. The minimum atomic E-state index is 0.285. The van der Waals surface area contributed by atoms with Crippen molar-refractivity contribution >= 4 is 103 Å². The molecule has 4 heterocycles. The zero-order chi connectivity index (χ0) is 25.0. The quantitative estimate of drug-likeness (QED) is 0.193. The summed E-state index contributed by atoms with van der Waals surface area (Å²) in [6.07, 6.45) is 6.49. The lowest BCUT2D eigenvalue weighted by Crippen LogP contribution is -2.02. The van der Waals surface area contributed by atoms with Crippen molar-refractivity contribution < 1.29 is 0 Å². The van der Waals surface area contributed by atoms with Crippen molar-refractivity contribution in [1.82, 2.24) is 14.5 Å². The van der Waals surface area contributed by atoms with E-state index in [1.54, 1.807) is 11.3 Å². The molecule has 3 nitrogen and oxygen atoms in total. The highest BCUT2D eigenvalue weighted by molar-refractivity contribution is 7.27. The number of hydrogen-bond acceptors (Lipinski definition) is 4. The van der Waals surface area contributed by atoms with Crippen molar-refractivity contribution in [3.8, 4) is 5.82 Å². The normalized spacial score (nSPS) is 13.6. The first kappa shape index (κ1) is 21.2. The number of aryl methyl sites for hydroxylation is 1. The summed E-state index contributed by atoms with van der Waals surface area (Å²) < 4.78 is 5.00. The van der Waals surface area contributed by atoms with E-state index < -0.39 is 0 Å². The lowest BCUT2D eigenvalue weighted by atomic mass is 9.99. The fourth-order valence-electron chi connectivity index (χ4n) is 6.33. The second-order valence-corrected chi connectivity index (χ2v) is 12.2. The van der Waals surface area contributed by atoms with Crippen LogP contribution in [0.4, 0.5) is 0 Å². The van der Waals surface area contributed by atoms with Gasteiger partial charge in [0.1, 0.15) is 4.83 Å². The van der Waals surface area contributed by atoms with Gasteiger partial charge in [0, 0.05) is 46.6 Å². The fourth-order valence-corrected chi connectivity index (χ4v) is 8.94. The highest BCUT2D eigenvalue weighted by Gasteiger charge is 2.26. The molecule has 0 fully saturated rings. The summed E-state index contributed by atoms with van der Waals surface area (Å²) in [5.41, 5.74) is 3.65. The van der Waals surface area contributed by atoms with Crippen LogP contribution >= 0.6 is 34.3 Å². The average molecular weight is 544 g/mol. The molecule has 6 heteroatoms. The molecule has 0 saturated heterocycles. The summed E-state index contributed by atoms with van der Waals surface area (Å²) in [5.74, 6) is 0.878. The Hall–Kier alpha value is -3.77. The van der Waals surface area contributed by atoms with Gasteiger partial charge in [0.25, 0.3) is 0 Å². The molecule has 1 aliphatic carbocycles. The number of thiophene rings is 2. The van der Waals surface area contributed by atoms with Gasteiger partial charge in [0.2, 0.25) is 5.28 Å². The number of aromatic nitrogens is 3. The van der Waals surface area contributed by atoms with E-state index in [0.29, 0.717) is 0 Å². The Morgan fingerprint density at radius 1 is 0.737 bits per heavy atom. The maximum absolute atomic E-state index is 6.64. The van der Waals surface area contributed by atoms with Crippen molar-refractivity contribution in [3.05, 3.63) is 94.6 Å². The van der Waals surface area contributed by atoms with Gasteiger partial charge in [-0.05, 0) is 48.2 Å². The Morgan fingerprint density at radius 2 is 1.50 bits per heavy atom. The Labute approximate surface area is 230 Å². The van der Waals surface area contributed by atoms with Gasteiger partial charge in [-0.1, -0.05) is 66.7 Å². The van der Waals surface area contributed by atoms with Gasteiger partial charge in [-0.15, -0.1) is 22.7 Å². The van der Waals surface area contributed by atoms with Crippen LogP contribution in [-0.2, 0) is 6.42 Å². The number of nitrogens with zero attached hydrogens (tertiary/aromatic N) is 3. The van der Waals surface area contributed by atoms with Crippen LogP contribution < -0.4 is 0 Å². The largest absolute Gasteiger partial charge is 0.292 e. The monoisotopic (exact) mass is 543 g/mol. The molecule has 0 radical (unpaired) electrons. The molecule has 180 valence electrons. The highest BCUT2D eigenvalue weighted by Crippen LogP contribution is 2.49. The van der Waals surface area contributed by atoms with Crippen LogP contribution in [0.2, 0.25) is 5.28 Å². The number of benzene rings is 4. The molecule has 9 rings (SSSR count). The second kappa shape index (κ2) is 7.64. The molecule has 8 aromatic rings. The molecule has 4 aromatic carbocycles. The van der Waals surface area contributed by atoms with Gasteiger partial charge in [-0.2, -0.15) is 4.98 Å². The van der Waals surface area contributed by atoms with Gasteiger partial charge in [-0.25, -0.2) is 4.98 Å². The molecular formula is C32H18ClN3S2. The average Bonchev–Trinajstić information content (AvgIpc) is 3.62. The predicted octanol–water partition coefficient (Wildman–Crippen LogP) is 9.92. The molecule has 0 spiro atoms. The lowest BCUT2D eigenvalue weighted by Gasteiger charge is -2.13. The van der Waals surface area contributed by atoms with Crippen molar-refractivity contribution in [2.24, 2.45) is 0 Å².